The Morgan fingerprint density at radius 1 is 1.25 bits per heavy atom. The number of hydrogen-bond acceptors (Lipinski definition) is 8. The Hall–Kier alpha value is -3.76. The molecule has 218 valence electrons. The highest BCUT2D eigenvalue weighted by atomic mass is 16.6. The van der Waals surface area contributed by atoms with Gasteiger partial charge in [-0.2, -0.15) is 0 Å². The molecule has 0 aromatic heterocycles. The van der Waals surface area contributed by atoms with Crippen molar-refractivity contribution in [3.63, 3.8) is 0 Å². The van der Waals surface area contributed by atoms with E-state index in [-0.39, 0.29) is 41.8 Å². The van der Waals surface area contributed by atoms with Crippen molar-refractivity contribution in [2.75, 3.05) is 13.7 Å². The number of aliphatic hydroxyl groups is 1. The van der Waals surface area contributed by atoms with Gasteiger partial charge in [-0.1, -0.05) is 44.2 Å². The van der Waals surface area contributed by atoms with Crippen LogP contribution in [0.15, 0.2) is 71.1 Å². The van der Waals surface area contributed by atoms with E-state index in [1.54, 1.807) is 38.2 Å². The van der Waals surface area contributed by atoms with E-state index < -0.39 is 41.9 Å². The fourth-order valence-corrected chi connectivity index (χ4v) is 4.76. The molecule has 1 aliphatic carbocycles. The zero-order valence-electron chi connectivity index (χ0n) is 23.9. The first kappa shape index (κ1) is 32.5. The topological polar surface area (TPSA) is 157 Å². The van der Waals surface area contributed by atoms with E-state index in [9.17, 15) is 24.3 Å². The van der Waals surface area contributed by atoms with E-state index in [0.29, 0.717) is 24.0 Å². The number of allylic oxidation sites excluding steroid dienone is 4. The van der Waals surface area contributed by atoms with Crippen molar-refractivity contribution in [2.45, 2.75) is 65.3 Å². The van der Waals surface area contributed by atoms with Crippen LogP contribution in [-0.4, -0.2) is 60.6 Å². The summed E-state index contributed by atoms with van der Waals surface area (Å²) >= 11 is 0. The van der Waals surface area contributed by atoms with Crippen LogP contribution in [0.4, 0.5) is 4.79 Å². The van der Waals surface area contributed by atoms with Gasteiger partial charge in [0.05, 0.1) is 23.6 Å². The average molecular weight is 556 g/mol. The highest BCUT2D eigenvalue weighted by molar-refractivity contribution is 6.23. The van der Waals surface area contributed by atoms with Gasteiger partial charge in [-0.05, 0) is 38.7 Å². The number of fused-ring (bicyclic) bond motifs is 2. The Bertz CT molecular complexity index is 1160. The molecule has 1 aliphatic heterocycles. The van der Waals surface area contributed by atoms with Crippen LogP contribution in [-0.2, 0) is 23.9 Å². The lowest BCUT2D eigenvalue weighted by Gasteiger charge is -2.28. The van der Waals surface area contributed by atoms with Crippen molar-refractivity contribution in [1.29, 1.82) is 0 Å². The fraction of sp³-hybridized carbons (Fsp3) is 0.467. The fourth-order valence-electron chi connectivity index (χ4n) is 4.76. The van der Waals surface area contributed by atoms with E-state index in [2.05, 4.69) is 17.2 Å². The molecule has 2 rings (SSSR count). The molecule has 0 saturated carbocycles. The SMILES string of the molecule is C=CCNC1=C2CCC[C@H](OC)[C@H](O)[C@@H](C)/C=C(\C)[C@H](OC(N)=O)[C@@H](C)/C=C\C=C(/C)C(=O)NC(=CC1=O)C2=O. The Labute approximate surface area is 235 Å². The van der Waals surface area contributed by atoms with Crippen LogP contribution in [0.1, 0.15) is 47.0 Å². The zero-order chi connectivity index (χ0) is 30.0. The predicted molar refractivity (Wildman–Crippen MR) is 152 cm³/mol. The number of Topliss-reactive ketones (excluding diaryl/α,β-unsaturated/α-hetero) is 1. The molecule has 10 heteroatoms. The minimum Gasteiger partial charge on any atom is -0.441 e. The number of carbonyl (C=O) groups is 4. The number of amides is 2. The summed E-state index contributed by atoms with van der Waals surface area (Å²) in [6, 6.07) is 0. The number of ether oxygens (including phenoxy) is 2. The molecule has 1 heterocycles. The summed E-state index contributed by atoms with van der Waals surface area (Å²) in [7, 11) is 1.50. The Kier molecular flexibility index (Phi) is 12.3. The predicted octanol–water partition coefficient (Wildman–Crippen LogP) is 2.91. The van der Waals surface area contributed by atoms with E-state index in [1.807, 2.05) is 19.9 Å². The number of methoxy groups -OCH3 is 1. The van der Waals surface area contributed by atoms with E-state index in [1.165, 1.54) is 7.11 Å². The summed E-state index contributed by atoms with van der Waals surface area (Å²) in [6.45, 7) is 11.0. The molecule has 0 aromatic rings. The van der Waals surface area contributed by atoms with Gasteiger partial charge in [-0.25, -0.2) is 4.79 Å². The van der Waals surface area contributed by atoms with Crippen LogP contribution >= 0.6 is 0 Å². The first-order chi connectivity index (χ1) is 18.9. The molecule has 0 fully saturated rings. The number of hydrogen-bond donors (Lipinski definition) is 4. The number of primary amides is 1. The van der Waals surface area contributed by atoms with Gasteiger partial charge in [0.15, 0.2) is 0 Å². The molecule has 0 spiro atoms. The summed E-state index contributed by atoms with van der Waals surface area (Å²) in [6.07, 6.45) is 7.38. The lowest BCUT2D eigenvalue weighted by atomic mass is 9.89. The molecule has 5 atom stereocenters. The molecule has 2 aliphatic rings. The minimum absolute atomic E-state index is 0.108. The van der Waals surface area contributed by atoms with Crippen LogP contribution in [0.3, 0.4) is 0 Å². The third-order valence-electron chi connectivity index (χ3n) is 6.97. The molecule has 10 nitrogen and oxygen atoms in total. The minimum atomic E-state index is -0.930. The number of aliphatic hydroxyl groups excluding tert-OH is 1. The van der Waals surface area contributed by atoms with Gasteiger partial charge in [0, 0.05) is 42.7 Å². The van der Waals surface area contributed by atoms with Crippen molar-refractivity contribution < 1.29 is 33.8 Å². The van der Waals surface area contributed by atoms with Crippen LogP contribution in [0.5, 0.6) is 0 Å². The molecule has 2 amide bonds. The summed E-state index contributed by atoms with van der Waals surface area (Å²) in [4.78, 5) is 50.8. The Morgan fingerprint density at radius 3 is 2.58 bits per heavy atom. The third kappa shape index (κ3) is 8.62. The van der Waals surface area contributed by atoms with Crippen molar-refractivity contribution in [3.05, 3.63) is 71.1 Å². The summed E-state index contributed by atoms with van der Waals surface area (Å²) in [5.41, 5.74) is 6.62. The Balaban J connectivity index is 2.53. The highest BCUT2D eigenvalue weighted by Gasteiger charge is 2.31. The van der Waals surface area contributed by atoms with Crippen molar-refractivity contribution >= 4 is 23.6 Å². The lowest BCUT2D eigenvalue weighted by molar-refractivity contribution is -0.120. The smallest absolute Gasteiger partial charge is 0.405 e. The molecular weight excluding hydrogens is 514 g/mol. The summed E-state index contributed by atoms with van der Waals surface area (Å²) in [5.74, 6) is -2.12. The number of carbonyl (C=O) groups excluding carboxylic acids is 4. The average Bonchev–Trinajstić information content (AvgIpc) is 2.90. The molecule has 40 heavy (non-hydrogen) atoms. The zero-order valence-corrected chi connectivity index (χ0v) is 23.9. The number of nitrogens with one attached hydrogen (secondary N) is 2. The normalized spacial score (nSPS) is 30.7. The molecule has 0 aromatic carbocycles. The molecule has 0 unspecified atom stereocenters. The van der Waals surface area contributed by atoms with Gasteiger partial charge >= 0.3 is 6.09 Å². The molecule has 0 saturated heterocycles. The van der Waals surface area contributed by atoms with E-state index >= 15 is 0 Å². The first-order valence-electron chi connectivity index (χ1n) is 13.3. The molecular formula is C30H41N3O7. The highest BCUT2D eigenvalue weighted by Crippen LogP contribution is 2.26. The standard InChI is InChI=1S/C30H41N3O7/c1-7-14-32-25-21-12-9-13-24(39-6)26(35)19(4)15-20(5)28(40-30(31)38)17(2)10-8-11-18(3)29(37)33-22(27(21)36)16-23(25)34/h7-8,10-11,15-17,19,24,26,28,32,35H,1,9,12-14H2,2-6H3,(H2,31,38)(H,33,37)/b10-8-,18-11+,20-15+/t17-,19-,24-,26+,28+/m0/s1. The number of ketones is 2. The van der Waals surface area contributed by atoms with E-state index in [0.717, 1.165) is 6.08 Å². The van der Waals surface area contributed by atoms with Crippen LogP contribution in [0, 0.1) is 11.8 Å². The van der Waals surface area contributed by atoms with Gasteiger partial charge in [-0.3, -0.25) is 14.4 Å². The van der Waals surface area contributed by atoms with Crippen LogP contribution in [0.25, 0.3) is 0 Å². The maximum atomic E-state index is 13.4. The van der Waals surface area contributed by atoms with Gasteiger partial charge in [0.25, 0.3) is 5.91 Å². The maximum absolute atomic E-state index is 13.4. The quantitative estimate of drug-likeness (QED) is 0.298. The number of rotatable bonds is 5. The van der Waals surface area contributed by atoms with E-state index in [4.69, 9.17) is 15.2 Å². The van der Waals surface area contributed by atoms with Crippen LogP contribution < -0.4 is 16.4 Å². The Morgan fingerprint density at radius 2 is 1.95 bits per heavy atom. The first-order valence-corrected chi connectivity index (χ1v) is 13.3. The molecule has 0 radical (unpaired) electrons. The van der Waals surface area contributed by atoms with Crippen molar-refractivity contribution in [1.82, 2.24) is 10.6 Å². The van der Waals surface area contributed by atoms with Crippen molar-refractivity contribution in [3.8, 4) is 0 Å². The third-order valence-corrected chi connectivity index (χ3v) is 6.97. The summed E-state index contributed by atoms with van der Waals surface area (Å²) in [5, 5.41) is 16.6. The van der Waals surface area contributed by atoms with Gasteiger partial charge in [0.1, 0.15) is 6.10 Å². The van der Waals surface area contributed by atoms with Gasteiger partial charge < -0.3 is 30.9 Å². The second-order valence-corrected chi connectivity index (χ2v) is 10.1. The number of nitrogens with two attached hydrogens (primary N) is 1. The van der Waals surface area contributed by atoms with Crippen molar-refractivity contribution in [2.24, 2.45) is 17.6 Å². The lowest BCUT2D eigenvalue weighted by Crippen LogP contribution is -2.36. The van der Waals surface area contributed by atoms with Crippen LogP contribution in [0.2, 0.25) is 0 Å². The monoisotopic (exact) mass is 555 g/mol. The van der Waals surface area contributed by atoms with Gasteiger partial charge in [0.2, 0.25) is 11.6 Å². The molecule has 2 bridgehead atoms. The summed E-state index contributed by atoms with van der Waals surface area (Å²) < 4.78 is 11.0. The molecule has 5 N–H and O–H groups in total. The largest absolute Gasteiger partial charge is 0.441 e. The van der Waals surface area contributed by atoms with Gasteiger partial charge in [-0.15, -0.1) is 6.58 Å². The second kappa shape index (κ2) is 15.1. The maximum Gasteiger partial charge on any atom is 0.405 e. The second-order valence-electron chi connectivity index (χ2n) is 10.1.